The van der Waals surface area contributed by atoms with Gasteiger partial charge in [0.1, 0.15) is 5.82 Å². The number of carbonyl (C=O) groups is 2. The summed E-state index contributed by atoms with van der Waals surface area (Å²) in [6.45, 7) is 6.05. The summed E-state index contributed by atoms with van der Waals surface area (Å²) in [4.78, 5) is 28.8. The second-order valence-electron chi connectivity index (χ2n) is 6.58. The highest BCUT2D eigenvalue weighted by Gasteiger charge is 2.12. The summed E-state index contributed by atoms with van der Waals surface area (Å²) in [5.74, 6) is -0.160. The molecular weight excluding hydrogens is 366 g/mol. The number of hydrogen-bond acceptors (Lipinski definition) is 5. The Morgan fingerprint density at radius 2 is 1.79 bits per heavy atom. The van der Waals surface area contributed by atoms with Crippen LogP contribution in [0.4, 0.5) is 17.2 Å². The first-order chi connectivity index (χ1) is 14.0. The summed E-state index contributed by atoms with van der Waals surface area (Å²) in [6.07, 6.45) is 1.60. The van der Waals surface area contributed by atoms with Crippen LogP contribution in [0.1, 0.15) is 38.8 Å². The highest BCUT2D eigenvalue weighted by atomic mass is 16.5. The summed E-state index contributed by atoms with van der Waals surface area (Å²) < 4.78 is 5.08. The van der Waals surface area contributed by atoms with Gasteiger partial charge in [0, 0.05) is 5.56 Å². The molecule has 3 aromatic rings. The van der Waals surface area contributed by atoms with E-state index in [0.717, 1.165) is 11.1 Å². The number of para-hydroxylation sites is 1. The van der Waals surface area contributed by atoms with Crippen molar-refractivity contribution in [2.45, 2.75) is 20.8 Å². The van der Waals surface area contributed by atoms with Gasteiger partial charge in [-0.3, -0.25) is 4.79 Å². The first-order valence-corrected chi connectivity index (χ1v) is 9.35. The van der Waals surface area contributed by atoms with E-state index in [1.54, 1.807) is 49.5 Å². The quantitative estimate of drug-likeness (QED) is 0.588. The SMILES string of the molecule is CCOC(=O)c1ccccc1Nc1ccc(NC(=O)c2ccc(C)c(C)c2)nc1. The van der Waals surface area contributed by atoms with Gasteiger partial charge < -0.3 is 15.4 Å². The molecule has 0 aliphatic heterocycles. The Hall–Kier alpha value is -3.67. The minimum absolute atomic E-state index is 0.214. The van der Waals surface area contributed by atoms with Crippen molar-refractivity contribution in [2.75, 3.05) is 17.2 Å². The van der Waals surface area contributed by atoms with Crippen molar-refractivity contribution < 1.29 is 14.3 Å². The van der Waals surface area contributed by atoms with Gasteiger partial charge in [-0.2, -0.15) is 0 Å². The van der Waals surface area contributed by atoms with E-state index in [9.17, 15) is 9.59 Å². The molecule has 148 valence electrons. The molecule has 0 atom stereocenters. The van der Waals surface area contributed by atoms with Crippen molar-refractivity contribution in [3.05, 3.63) is 83.0 Å². The number of ether oxygens (including phenoxy) is 1. The molecule has 3 rings (SSSR count). The van der Waals surface area contributed by atoms with E-state index >= 15 is 0 Å². The van der Waals surface area contributed by atoms with E-state index in [-0.39, 0.29) is 11.9 Å². The van der Waals surface area contributed by atoms with Gasteiger partial charge in [-0.15, -0.1) is 0 Å². The molecule has 0 unspecified atom stereocenters. The Labute approximate surface area is 169 Å². The molecule has 0 saturated carbocycles. The number of carbonyl (C=O) groups excluding carboxylic acids is 2. The van der Waals surface area contributed by atoms with Crippen LogP contribution in [0.5, 0.6) is 0 Å². The number of esters is 1. The Bertz CT molecular complexity index is 1030. The summed E-state index contributed by atoms with van der Waals surface area (Å²) in [5, 5.41) is 5.95. The highest BCUT2D eigenvalue weighted by Crippen LogP contribution is 2.22. The zero-order chi connectivity index (χ0) is 20.8. The molecule has 0 radical (unpaired) electrons. The van der Waals surface area contributed by atoms with Crippen LogP contribution in [0, 0.1) is 13.8 Å². The molecule has 6 nitrogen and oxygen atoms in total. The van der Waals surface area contributed by atoms with Gasteiger partial charge in [0.05, 0.1) is 29.7 Å². The minimum atomic E-state index is -0.388. The summed E-state index contributed by atoms with van der Waals surface area (Å²) in [7, 11) is 0. The largest absolute Gasteiger partial charge is 0.462 e. The van der Waals surface area contributed by atoms with E-state index < -0.39 is 0 Å². The number of nitrogens with zero attached hydrogens (tertiary/aromatic N) is 1. The van der Waals surface area contributed by atoms with Crippen molar-refractivity contribution >= 4 is 29.1 Å². The van der Waals surface area contributed by atoms with Crippen LogP contribution >= 0.6 is 0 Å². The third kappa shape index (κ3) is 4.99. The predicted molar refractivity (Wildman–Crippen MR) is 114 cm³/mol. The molecule has 0 saturated heterocycles. The molecule has 2 aromatic carbocycles. The number of anilines is 3. The Balaban J connectivity index is 1.70. The molecule has 29 heavy (non-hydrogen) atoms. The maximum Gasteiger partial charge on any atom is 0.340 e. The monoisotopic (exact) mass is 389 g/mol. The van der Waals surface area contributed by atoms with Crippen LogP contribution in [-0.2, 0) is 4.74 Å². The fraction of sp³-hybridized carbons (Fsp3) is 0.174. The normalized spacial score (nSPS) is 10.3. The first kappa shape index (κ1) is 20.1. The molecule has 1 amide bonds. The van der Waals surface area contributed by atoms with E-state index in [4.69, 9.17) is 4.74 Å². The van der Waals surface area contributed by atoms with Crippen LogP contribution in [0.25, 0.3) is 0 Å². The highest BCUT2D eigenvalue weighted by molar-refractivity contribution is 6.04. The first-order valence-electron chi connectivity index (χ1n) is 9.35. The maximum atomic E-state index is 12.4. The number of aryl methyl sites for hydroxylation is 2. The summed E-state index contributed by atoms with van der Waals surface area (Å²) in [5.41, 5.74) is 4.54. The summed E-state index contributed by atoms with van der Waals surface area (Å²) >= 11 is 0. The lowest BCUT2D eigenvalue weighted by Crippen LogP contribution is -2.13. The van der Waals surface area contributed by atoms with Gasteiger partial charge in [0.15, 0.2) is 0 Å². The fourth-order valence-corrected chi connectivity index (χ4v) is 2.75. The zero-order valence-corrected chi connectivity index (χ0v) is 16.7. The van der Waals surface area contributed by atoms with Crippen molar-refractivity contribution in [1.29, 1.82) is 0 Å². The molecule has 6 heteroatoms. The Morgan fingerprint density at radius 1 is 1.00 bits per heavy atom. The predicted octanol–water partition coefficient (Wildman–Crippen LogP) is 4.87. The molecule has 0 aliphatic rings. The average molecular weight is 389 g/mol. The van der Waals surface area contributed by atoms with Gasteiger partial charge in [-0.05, 0) is 68.3 Å². The van der Waals surface area contributed by atoms with Crippen molar-refractivity contribution in [2.24, 2.45) is 0 Å². The molecular formula is C23H23N3O3. The van der Waals surface area contributed by atoms with Crippen LogP contribution in [0.15, 0.2) is 60.8 Å². The summed E-state index contributed by atoms with van der Waals surface area (Å²) in [6, 6.07) is 16.2. The van der Waals surface area contributed by atoms with E-state index in [1.165, 1.54) is 0 Å². The van der Waals surface area contributed by atoms with Crippen molar-refractivity contribution in [3.8, 4) is 0 Å². The minimum Gasteiger partial charge on any atom is -0.462 e. The molecule has 0 fully saturated rings. The Morgan fingerprint density at radius 3 is 2.48 bits per heavy atom. The molecule has 1 aromatic heterocycles. The third-order valence-electron chi connectivity index (χ3n) is 4.48. The second kappa shape index (κ2) is 9.01. The molecule has 2 N–H and O–H groups in total. The fourth-order valence-electron chi connectivity index (χ4n) is 2.75. The van der Waals surface area contributed by atoms with Gasteiger partial charge in [0.25, 0.3) is 5.91 Å². The standard InChI is InChI=1S/C23H23N3O3/c1-4-29-23(28)19-7-5-6-8-20(19)25-18-11-12-21(24-14-18)26-22(27)17-10-9-15(2)16(3)13-17/h5-14,25H,4H2,1-3H3,(H,24,26,27). The number of benzene rings is 2. The van der Waals surface area contributed by atoms with E-state index in [0.29, 0.717) is 34.9 Å². The van der Waals surface area contributed by atoms with Gasteiger partial charge in [0.2, 0.25) is 0 Å². The number of rotatable bonds is 6. The van der Waals surface area contributed by atoms with Crippen LogP contribution in [0.3, 0.4) is 0 Å². The van der Waals surface area contributed by atoms with Crippen LogP contribution in [-0.4, -0.2) is 23.5 Å². The molecule has 1 heterocycles. The molecule has 0 bridgehead atoms. The average Bonchev–Trinajstić information content (AvgIpc) is 2.72. The lowest BCUT2D eigenvalue weighted by atomic mass is 10.1. The smallest absolute Gasteiger partial charge is 0.340 e. The van der Waals surface area contributed by atoms with E-state index in [1.807, 2.05) is 32.0 Å². The topological polar surface area (TPSA) is 80.3 Å². The van der Waals surface area contributed by atoms with E-state index in [2.05, 4.69) is 15.6 Å². The van der Waals surface area contributed by atoms with Crippen LogP contribution in [0.2, 0.25) is 0 Å². The maximum absolute atomic E-state index is 12.4. The lowest BCUT2D eigenvalue weighted by molar-refractivity contribution is 0.0527. The van der Waals surface area contributed by atoms with Crippen molar-refractivity contribution in [1.82, 2.24) is 4.98 Å². The zero-order valence-electron chi connectivity index (χ0n) is 16.7. The second-order valence-corrected chi connectivity index (χ2v) is 6.58. The number of pyridine rings is 1. The molecule has 0 aliphatic carbocycles. The third-order valence-corrected chi connectivity index (χ3v) is 4.48. The number of aromatic nitrogens is 1. The van der Waals surface area contributed by atoms with Gasteiger partial charge in [-0.25, -0.2) is 9.78 Å². The van der Waals surface area contributed by atoms with Gasteiger partial charge >= 0.3 is 5.97 Å². The Kier molecular flexibility index (Phi) is 6.24. The van der Waals surface area contributed by atoms with Gasteiger partial charge in [-0.1, -0.05) is 18.2 Å². The van der Waals surface area contributed by atoms with Crippen molar-refractivity contribution in [3.63, 3.8) is 0 Å². The molecule has 0 spiro atoms. The number of amides is 1. The number of nitrogens with one attached hydrogen (secondary N) is 2. The lowest BCUT2D eigenvalue weighted by Gasteiger charge is -2.12. The van der Waals surface area contributed by atoms with Crippen LogP contribution < -0.4 is 10.6 Å². The number of hydrogen-bond donors (Lipinski definition) is 2.